The number of rotatable bonds is 2. The van der Waals surface area contributed by atoms with Crippen LogP contribution in [0, 0.1) is 0 Å². The summed E-state index contributed by atoms with van der Waals surface area (Å²) in [4.78, 5) is 10.3. The van der Waals surface area contributed by atoms with Crippen molar-refractivity contribution in [3.8, 4) is 0 Å². The molecule has 1 aliphatic heterocycles. The SMILES string of the molecule is CCC1CN(c2ncnc(N)c2Cl)CCS1. The molecule has 1 aromatic rings. The molecule has 1 fully saturated rings. The second kappa shape index (κ2) is 5.10. The molecule has 0 saturated carbocycles. The largest absolute Gasteiger partial charge is 0.382 e. The Morgan fingerprint density at radius 3 is 3.19 bits per heavy atom. The Hall–Kier alpha value is -0.680. The Morgan fingerprint density at radius 1 is 1.62 bits per heavy atom. The third-order valence-electron chi connectivity index (χ3n) is 2.69. The number of thioether (sulfide) groups is 1. The maximum Gasteiger partial charge on any atom is 0.153 e. The highest BCUT2D eigenvalue weighted by molar-refractivity contribution is 8.00. The summed E-state index contributed by atoms with van der Waals surface area (Å²) >= 11 is 8.13. The standard InChI is InChI=1S/C10H15ClN4S/c1-2-7-5-15(3-4-16-7)10-8(11)9(12)13-6-14-10/h6-7H,2-5H2,1H3,(H2,12,13,14). The van der Waals surface area contributed by atoms with Crippen molar-refractivity contribution < 1.29 is 0 Å². The number of nitrogens with two attached hydrogens (primary N) is 1. The predicted octanol–water partition coefficient (Wildman–Crippen LogP) is 2.04. The normalized spacial score (nSPS) is 21.1. The maximum absolute atomic E-state index is 6.12. The van der Waals surface area contributed by atoms with Gasteiger partial charge in [-0.1, -0.05) is 18.5 Å². The van der Waals surface area contributed by atoms with Crippen LogP contribution in [-0.4, -0.2) is 34.1 Å². The van der Waals surface area contributed by atoms with Crippen molar-refractivity contribution in [2.24, 2.45) is 0 Å². The van der Waals surface area contributed by atoms with Crippen LogP contribution in [0.3, 0.4) is 0 Å². The van der Waals surface area contributed by atoms with E-state index in [2.05, 4.69) is 21.8 Å². The van der Waals surface area contributed by atoms with Crippen LogP contribution in [0.2, 0.25) is 5.02 Å². The molecule has 2 rings (SSSR count). The van der Waals surface area contributed by atoms with Crippen LogP contribution in [0.25, 0.3) is 0 Å². The Labute approximate surface area is 105 Å². The van der Waals surface area contributed by atoms with Gasteiger partial charge in [-0.25, -0.2) is 9.97 Å². The molecular weight excluding hydrogens is 244 g/mol. The molecule has 1 saturated heterocycles. The van der Waals surface area contributed by atoms with Crippen LogP contribution in [-0.2, 0) is 0 Å². The first-order valence-electron chi connectivity index (χ1n) is 5.35. The summed E-state index contributed by atoms with van der Waals surface area (Å²) < 4.78 is 0. The average Bonchev–Trinajstić information content (AvgIpc) is 2.33. The van der Waals surface area contributed by atoms with E-state index in [0.29, 0.717) is 16.1 Å². The maximum atomic E-state index is 6.12. The topological polar surface area (TPSA) is 55.0 Å². The molecular formula is C10H15ClN4S. The number of aromatic nitrogens is 2. The van der Waals surface area contributed by atoms with Gasteiger partial charge < -0.3 is 10.6 Å². The summed E-state index contributed by atoms with van der Waals surface area (Å²) in [6.07, 6.45) is 2.64. The zero-order valence-corrected chi connectivity index (χ0v) is 10.8. The lowest BCUT2D eigenvalue weighted by atomic mass is 10.3. The van der Waals surface area contributed by atoms with E-state index in [9.17, 15) is 0 Å². The van der Waals surface area contributed by atoms with Gasteiger partial charge in [-0.05, 0) is 6.42 Å². The fourth-order valence-electron chi connectivity index (χ4n) is 1.75. The number of nitrogens with zero attached hydrogens (tertiary/aromatic N) is 3. The molecule has 1 aromatic heterocycles. The second-order valence-electron chi connectivity index (χ2n) is 3.74. The lowest BCUT2D eigenvalue weighted by Gasteiger charge is -2.33. The van der Waals surface area contributed by atoms with Crippen molar-refractivity contribution in [3.05, 3.63) is 11.3 Å². The molecule has 16 heavy (non-hydrogen) atoms. The zero-order chi connectivity index (χ0) is 11.5. The van der Waals surface area contributed by atoms with Crippen LogP contribution in [0.4, 0.5) is 11.6 Å². The molecule has 0 aromatic carbocycles. The minimum Gasteiger partial charge on any atom is -0.382 e. The average molecular weight is 259 g/mol. The summed E-state index contributed by atoms with van der Waals surface area (Å²) in [7, 11) is 0. The van der Waals surface area contributed by atoms with Gasteiger partial charge in [0.1, 0.15) is 17.2 Å². The molecule has 1 atom stereocenters. The molecule has 4 nitrogen and oxygen atoms in total. The van der Waals surface area contributed by atoms with Gasteiger partial charge in [0.25, 0.3) is 0 Å². The van der Waals surface area contributed by atoms with Crippen molar-refractivity contribution >= 4 is 35.0 Å². The minimum absolute atomic E-state index is 0.359. The molecule has 0 amide bonds. The van der Waals surface area contributed by atoms with E-state index < -0.39 is 0 Å². The quantitative estimate of drug-likeness (QED) is 0.880. The molecule has 1 aliphatic rings. The zero-order valence-electron chi connectivity index (χ0n) is 9.19. The summed E-state index contributed by atoms with van der Waals surface area (Å²) in [5, 5.41) is 1.13. The summed E-state index contributed by atoms with van der Waals surface area (Å²) in [6.45, 7) is 4.16. The fourth-order valence-corrected chi connectivity index (χ4v) is 3.15. The number of hydrogen-bond acceptors (Lipinski definition) is 5. The predicted molar refractivity (Wildman–Crippen MR) is 70.2 cm³/mol. The highest BCUT2D eigenvalue weighted by Gasteiger charge is 2.22. The minimum atomic E-state index is 0.359. The van der Waals surface area contributed by atoms with E-state index in [1.165, 1.54) is 12.7 Å². The van der Waals surface area contributed by atoms with E-state index in [1.54, 1.807) is 0 Å². The van der Waals surface area contributed by atoms with E-state index in [1.807, 2.05) is 11.8 Å². The lowest BCUT2D eigenvalue weighted by Crippen LogP contribution is -2.38. The Bertz CT molecular complexity index is 374. The Balaban J connectivity index is 2.20. The van der Waals surface area contributed by atoms with Crippen molar-refractivity contribution in [1.29, 1.82) is 0 Å². The number of anilines is 2. The van der Waals surface area contributed by atoms with Gasteiger partial charge in [0.05, 0.1) is 0 Å². The fraction of sp³-hybridized carbons (Fsp3) is 0.600. The highest BCUT2D eigenvalue weighted by atomic mass is 35.5. The van der Waals surface area contributed by atoms with E-state index in [0.717, 1.165) is 24.7 Å². The molecule has 1 unspecified atom stereocenters. The number of halogens is 1. The van der Waals surface area contributed by atoms with Gasteiger partial charge in [0, 0.05) is 24.1 Å². The third-order valence-corrected chi connectivity index (χ3v) is 4.43. The number of hydrogen-bond donors (Lipinski definition) is 1. The van der Waals surface area contributed by atoms with Crippen molar-refractivity contribution in [3.63, 3.8) is 0 Å². The summed E-state index contributed by atoms with van der Waals surface area (Å²) in [5.41, 5.74) is 5.68. The van der Waals surface area contributed by atoms with Crippen LogP contribution >= 0.6 is 23.4 Å². The first-order valence-corrected chi connectivity index (χ1v) is 6.77. The molecule has 88 valence electrons. The first-order chi connectivity index (χ1) is 7.72. The molecule has 2 heterocycles. The molecule has 0 aliphatic carbocycles. The highest BCUT2D eigenvalue weighted by Crippen LogP contribution is 2.31. The Kier molecular flexibility index (Phi) is 3.76. The van der Waals surface area contributed by atoms with E-state index >= 15 is 0 Å². The van der Waals surface area contributed by atoms with Crippen molar-refractivity contribution in [2.45, 2.75) is 18.6 Å². The molecule has 0 spiro atoms. The molecule has 0 radical (unpaired) electrons. The van der Waals surface area contributed by atoms with E-state index in [-0.39, 0.29) is 0 Å². The van der Waals surface area contributed by atoms with E-state index in [4.69, 9.17) is 17.3 Å². The van der Waals surface area contributed by atoms with Gasteiger partial charge in [-0.2, -0.15) is 11.8 Å². The van der Waals surface area contributed by atoms with Crippen LogP contribution in [0.5, 0.6) is 0 Å². The smallest absolute Gasteiger partial charge is 0.153 e. The van der Waals surface area contributed by atoms with Crippen molar-refractivity contribution in [2.75, 3.05) is 29.5 Å². The van der Waals surface area contributed by atoms with Gasteiger partial charge in [-0.3, -0.25) is 0 Å². The van der Waals surface area contributed by atoms with Crippen LogP contribution in [0.1, 0.15) is 13.3 Å². The Morgan fingerprint density at radius 2 is 2.44 bits per heavy atom. The van der Waals surface area contributed by atoms with Crippen molar-refractivity contribution in [1.82, 2.24) is 9.97 Å². The molecule has 0 bridgehead atoms. The second-order valence-corrected chi connectivity index (χ2v) is 5.53. The monoisotopic (exact) mass is 258 g/mol. The first kappa shape index (κ1) is 11.8. The summed E-state index contributed by atoms with van der Waals surface area (Å²) in [5.74, 6) is 2.24. The third kappa shape index (κ3) is 2.35. The van der Waals surface area contributed by atoms with Crippen LogP contribution in [0.15, 0.2) is 6.33 Å². The van der Waals surface area contributed by atoms with Gasteiger partial charge in [0.2, 0.25) is 0 Å². The summed E-state index contributed by atoms with van der Waals surface area (Å²) in [6, 6.07) is 0. The van der Waals surface area contributed by atoms with Crippen LogP contribution < -0.4 is 10.6 Å². The van der Waals surface area contributed by atoms with Gasteiger partial charge in [0.15, 0.2) is 5.82 Å². The van der Waals surface area contributed by atoms with Gasteiger partial charge >= 0.3 is 0 Å². The molecule has 6 heteroatoms. The lowest BCUT2D eigenvalue weighted by molar-refractivity contribution is 0.719. The van der Waals surface area contributed by atoms with Gasteiger partial charge in [-0.15, -0.1) is 0 Å². The number of nitrogen functional groups attached to an aromatic ring is 1. The molecule has 2 N–H and O–H groups in total.